The van der Waals surface area contributed by atoms with Gasteiger partial charge in [0.25, 0.3) is 0 Å². The van der Waals surface area contributed by atoms with Gasteiger partial charge in [-0.2, -0.15) is 0 Å². The highest BCUT2D eigenvalue weighted by Gasteiger charge is 2.49. The highest BCUT2D eigenvalue weighted by atomic mass is 15.2. The van der Waals surface area contributed by atoms with Gasteiger partial charge in [0.1, 0.15) is 5.69 Å². The predicted molar refractivity (Wildman–Crippen MR) is 189 cm³/mol. The summed E-state index contributed by atoms with van der Waals surface area (Å²) in [5.41, 5.74) is 12.8. The summed E-state index contributed by atoms with van der Waals surface area (Å²) in [6.07, 6.45) is 7.01. The Balaban J connectivity index is 1.36. The van der Waals surface area contributed by atoms with Crippen LogP contribution in [0.1, 0.15) is 17.0 Å². The molecule has 0 fully saturated rings. The number of hydrogen-bond acceptors (Lipinski definition) is 3. The van der Waals surface area contributed by atoms with Crippen LogP contribution in [-0.2, 0) is 0 Å². The molecule has 8 aromatic rings. The van der Waals surface area contributed by atoms with Crippen LogP contribution in [0.15, 0.2) is 146 Å². The molecule has 214 valence electrons. The van der Waals surface area contributed by atoms with Crippen molar-refractivity contribution in [3.8, 4) is 17.1 Å². The Hall–Kier alpha value is -6.00. The second-order valence-corrected chi connectivity index (χ2v) is 12.5. The van der Waals surface area contributed by atoms with Crippen LogP contribution in [0, 0.1) is 0 Å². The minimum atomic E-state index is 0.244. The number of aromatic nitrogens is 3. The molecule has 2 atom stereocenters. The van der Waals surface area contributed by atoms with Crippen molar-refractivity contribution in [2.75, 3.05) is 4.90 Å². The van der Waals surface area contributed by atoms with Gasteiger partial charge in [0.15, 0.2) is 5.82 Å². The van der Waals surface area contributed by atoms with E-state index in [1.807, 2.05) is 12.1 Å². The van der Waals surface area contributed by atoms with Crippen molar-refractivity contribution in [1.29, 1.82) is 0 Å². The van der Waals surface area contributed by atoms with Crippen LogP contribution in [-0.4, -0.2) is 20.6 Å². The van der Waals surface area contributed by atoms with Gasteiger partial charge in [0.2, 0.25) is 0 Å². The van der Waals surface area contributed by atoms with E-state index in [2.05, 4.69) is 143 Å². The Morgan fingerprint density at radius 3 is 2.17 bits per heavy atom. The van der Waals surface area contributed by atoms with Gasteiger partial charge in [-0.05, 0) is 40.8 Å². The number of allylic oxidation sites excluding steroid dienone is 2. The van der Waals surface area contributed by atoms with E-state index in [0.717, 1.165) is 33.6 Å². The second-order valence-electron chi connectivity index (χ2n) is 12.5. The summed E-state index contributed by atoms with van der Waals surface area (Å²) < 4.78 is 2.39. The molecule has 3 aliphatic rings. The third-order valence-corrected chi connectivity index (χ3v) is 10.2. The van der Waals surface area contributed by atoms with Crippen molar-refractivity contribution in [1.82, 2.24) is 14.5 Å². The Morgan fingerprint density at radius 1 is 0.609 bits per heavy atom. The summed E-state index contributed by atoms with van der Waals surface area (Å²) in [4.78, 5) is 13.3. The fourth-order valence-electron chi connectivity index (χ4n) is 8.48. The lowest BCUT2D eigenvalue weighted by Gasteiger charge is -2.24. The van der Waals surface area contributed by atoms with Gasteiger partial charge >= 0.3 is 0 Å². The molecule has 0 spiro atoms. The summed E-state index contributed by atoms with van der Waals surface area (Å²) in [5, 5.41) is 5.04. The largest absolute Gasteiger partial charge is 0.332 e. The molecule has 4 heterocycles. The maximum absolute atomic E-state index is 5.42. The minimum absolute atomic E-state index is 0.244. The van der Waals surface area contributed by atoms with E-state index in [9.17, 15) is 0 Å². The molecule has 0 bridgehead atoms. The first-order chi connectivity index (χ1) is 22.9. The Morgan fingerprint density at radius 2 is 1.30 bits per heavy atom. The fourth-order valence-corrected chi connectivity index (χ4v) is 8.48. The Labute approximate surface area is 265 Å². The van der Waals surface area contributed by atoms with Crippen LogP contribution >= 0.6 is 0 Å². The molecule has 2 aliphatic heterocycles. The molecule has 0 radical (unpaired) electrons. The zero-order chi connectivity index (χ0) is 29.9. The first-order valence-corrected chi connectivity index (χ1v) is 15.9. The van der Waals surface area contributed by atoms with Gasteiger partial charge in [-0.1, -0.05) is 121 Å². The third kappa shape index (κ3) is 2.99. The molecule has 1 aliphatic carbocycles. The monoisotopic (exact) mass is 586 g/mol. The number of benzene rings is 6. The van der Waals surface area contributed by atoms with Gasteiger partial charge in [-0.25, -0.2) is 9.97 Å². The van der Waals surface area contributed by atoms with E-state index in [1.54, 1.807) is 0 Å². The summed E-state index contributed by atoms with van der Waals surface area (Å²) in [7, 11) is 0. The topological polar surface area (TPSA) is 34.0 Å². The number of rotatable bonds is 2. The zero-order valence-corrected chi connectivity index (χ0v) is 24.8. The summed E-state index contributed by atoms with van der Waals surface area (Å²) in [6, 6.07) is 45.7. The molecule has 4 heteroatoms. The predicted octanol–water partition coefficient (Wildman–Crippen LogP) is 10.1. The van der Waals surface area contributed by atoms with Crippen molar-refractivity contribution in [3.05, 3.63) is 157 Å². The summed E-state index contributed by atoms with van der Waals surface area (Å²) in [5.74, 6) is 1.11. The van der Waals surface area contributed by atoms with Crippen LogP contribution in [0.25, 0.3) is 66.3 Å². The molecule has 11 rings (SSSR count). The maximum atomic E-state index is 5.42. The second kappa shape index (κ2) is 8.80. The lowest BCUT2D eigenvalue weighted by Crippen LogP contribution is -2.26. The standard InChI is InChI=1S/C42H26N4/c1-2-13-25(14-3-1)38-42(44-33-22-9-8-21-32(33)43-38)46-35-24-11-7-18-30(35)37-40(46)29-17-5-4-16-27(29)36-31-20-12-19-28-26-15-6-10-23-34(26)45(39(28)31)41(36)37/h1-24,31,39H. The molecule has 0 N–H and O–H groups in total. The van der Waals surface area contributed by atoms with Gasteiger partial charge in [-0.3, -0.25) is 4.57 Å². The van der Waals surface area contributed by atoms with Crippen molar-refractivity contribution < 1.29 is 0 Å². The maximum Gasteiger partial charge on any atom is 0.165 e. The molecule has 46 heavy (non-hydrogen) atoms. The first kappa shape index (κ1) is 24.3. The van der Waals surface area contributed by atoms with Crippen molar-refractivity contribution in [2.24, 2.45) is 0 Å². The number of para-hydroxylation sites is 4. The molecular weight excluding hydrogens is 560 g/mol. The van der Waals surface area contributed by atoms with E-state index in [1.165, 1.54) is 55.1 Å². The van der Waals surface area contributed by atoms with E-state index in [0.29, 0.717) is 0 Å². The quantitative estimate of drug-likeness (QED) is 0.202. The van der Waals surface area contributed by atoms with Crippen LogP contribution in [0.4, 0.5) is 11.4 Å². The lowest BCUT2D eigenvalue weighted by atomic mass is 9.82. The first-order valence-electron chi connectivity index (χ1n) is 15.9. The van der Waals surface area contributed by atoms with Gasteiger partial charge < -0.3 is 4.90 Å². The molecular formula is C42H26N4. The number of hydrogen-bond donors (Lipinski definition) is 0. The average Bonchev–Trinajstić information content (AvgIpc) is 3.77. The molecule has 4 nitrogen and oxygen atoms in total. The molecule has 0 saturated heterocycles. The summed E-state index contributed by atoms with van der Waals surface area (Å²) >= 11 is 0. The molecule has 0 amide bonds. The number of nitrogens with zero attached hydrogens (tertiary/aromatic N) is 4. The minimum Gasteiger partial charge on any atom is -0.332 e. The highest BCUT2D eigenvalue weighted by molar-refractivity contribution is 6.27. The van der Waals surface area contributed by atoms with Crippen LogP contribution in [0.3, 0.4) is 0 Å². The average molecular weight is 587 g/mol. The van der Waals surface area contributed by atoms with E-state index < -0.39 is 0 Å². The molecule has 2 aromatic heterocycles. The fraction of sp³-hybridized carbons (Fsp3) is 0.0476. The number of anilines is 2. The van der Waals surface area contributed by atoms with Gasteiger partial charge in [0.05, 0.1) is 33.8 Å². The smallest absolute Gasteiger partial charge is 0.165 e. The van der Waals surface area contributed by atoms with Gasteiger partial charge in [-0.15, -0.1) is 0 Å². The van der Waals surface area contributed by atoms with Crippen molar-refractivity contribution in [2.45, 2.75) is 12.0 Å². The Kier molecular flexibility index (Phi) is 4.66. The highest BCUT2D eigenvalue weighted by Crippen LogP contribution is 2.62. The van der Waals surface area contributed by atoms with Crippen LogP contribution in [0.2, 0.25) is 0 Å². The van der Waals surface area contributed by atoms with E-state index in [-0.39, 0.29) is 12.0 Å². The Bertz CT molecular complexity index is 2660. The lowest BCUT2D eigenvalue weighted by molar-refractivity contribution is 0.785. The van der Waals surface area contributed by atoms with E-state index in [4.69, 9.17) is 9.97 Å². The molecule has 6 aromatic carbocycles. The number of fused-ring (bicyclic) bond motifs is 14. The normalized spacial score (nSPS) is 17.6. The molecule has 0 saturated carbocycles. The van der Waals surface area contributed by atoms with Crippen molar-refractivity contribution in [3.63, 3.8) is 0 Å². The zero-order valence-electron chi connectivity index (χ0n) is 24.8. The van der Waals surface area contributed by atoms with Crippen LogP contribution < -0.4 is 4.90 Å². The van der Waals surface area contributed by atoms with E-state index >= 15 is 0 Å². The van der Waals surface area contributed by atoms with Crippen molar-refractivity contribution >= 4 is 60.6 Å². The van der Waals surface area contributed by atoms with Gasteiger partial charge in [0, 0.05) is 38.9 Å². The summed E-state index contributed by atoms with van der Waals surface area (Å²) in [6.45, 7) is 0. The third-order valence-electron chi connectivity index (χ3n) is 10.2. The SMILES string of the molecule is C1=CC2c3c(c4c5ccccc5n(-c5nc6ccccc6nc5-c5ccccc5)c4c4ccccc34)N3c4ccccc4C(=C1)C23. The molecule has 2 unspecified atom stereocenters. The van der Waals surface area contributed by atoms with Crippen LogP contribution in [0.5, 0.6) is 0 Å².